The highest BCUT2D eigenvalue weighted by atomic mass is 127. The van der Waals surface area contributed by atoms with E-state index in [0.717, 1.165) is 28.3 Å². The Balaban J connectivity index is 0.00000288. The first-order valence-corrected chi connectivity index (χ1v) is 7.55. The van der Waals surface area contributed by atoms with Crippen molar-refractivity contribution in [2.24, 2.45) is 10.7 Å². The second-order valence-electron chi connectivity index (χ2n) is 5.67. The van der Waals surface area contributed by atoms with Gasteiger partial charge >= 0.3 is 0 Å². The van der Waals surface area contributed by atoms with Crippen molar-refractivity contribution in [2.75, 3.05) is 12.4 Å². The Kier molecular flexibility index (Phi) is 7.47. The van der Waals surface area contributed by atoms with Crippen molar-refractivity contribution in [1.29, 1.82) is 0 Å². The normalized spacial score (nSPS) is 11.0. The van der Waals surface area contributed by atoms with E-state index >= 15 is 0 Å². The molecule has 0 unspecified atom stereocenters. The van der Waals surface area contributed by atoms with Crippen LogP contribution < -0.4 is 15.8 Å². The van der Waals surface area contributed by atoms with E-state index in [9.17, 15) is 0 Å². The zero-order chi connectivity index (χ0) is 17.0. The monoisotopic (exact) mass is 440 g/mol. The first kappa shape index (κ1) is 20.2. The molecule has 24 heavy (non-hydrogen) atoms. The van der Waals surface area contributed by atoms with E-state index < -0.39 is 0 Å². The fourth-order valence-electron chi connectivity index (χ4n) is 2.40. The topological polar surface area (TPSA) is 72.5 Å². The highest BCUT2D eigenvalue weighted by Crippen LogP contribution is 2.24. The molecule has 1 heterocycles. The van der Waals surface area contributed by atoms with E-state index in [1.807, 2.05) is 19.9 Å². The molecule has 130 valence electrons. The number of methoxy groups -OCH3 is 1. The number of nitrogens with one attached hydrogen (secondary N) is 1. The van der Waals surface area contributed by atoms with Crippen molar-refractivity contribution in [3.63, 3.8) is 0 Å². The molecule has 3 N–H and O–H groups in total. The minimum absolute atomic E-state index is 0. The van der Waals surface area contributed by atoms with Gasteiger partial charge < -0.3 is 15.8 Å². The third kappa shape index (κ3) is 4.83. The van der Waals surface area contributed by atoms with Crippen LogP contribution in [0.2, 0.25) is 0 Å². The van der Waals surface area contributed by atoms with Gasteiger partial charge in [0.25, 0.3) is 0 Å². The van der Waals surface area contributed by atoms with Gasteiger partial charge in [-0.25, -0.2) is 4.99 Å². The van der Waals surface area contributed by atoms with E-state index in [2.05, 4.69) is 41.3 Å². The van der Waals surface area contributed by atoms with Crippen LogP contribution in [0.5, 0.6) is 5.75 Å². The van der Waals surface area contributed by atoms with Crippen molar-refractivity contribution in [3.05, 3.63) is 52.3 Å². The number of aliphatic imine (C=N–C) groups is 1. The van der Waals surface area contributed by atoms with Crippen LogP contribution in [-0.2, 0) is 6.54 Å². The van der Waals surface area contributed by atoms with Crippen LogP contribution in [0.4, 0.5) is 5.69 Å². The van der Waals surface area contributed by atoms with E-state index in [0.29, 0.717) is 12.5 Å². The Morgan fingerprint density at radius 2 is 1.88 bits per heavy atom. The van der Waals surface area contributed by atoms with Crippen LogP contribution in [-0.4, -0.2) is 18.1 Å². The predicted octanol–water partition coefficient (Wildman–Crippen LogP) is 3.87. The fraction of sp³-hybridized carbons (Fsp3) is 0.333. The maximum Gasteiger partial charge on any atom is 0.193 e. The van der Waals surface area contributed by atoms with Crippen molar-refractivity contribution < 1.29 is 4.74 Å². The number of guanidine groups is 1. The lowest BCUT2D eigenvalue weighted by molar-refractivity contribution is 0.407. The van der Waals surface area contributed by atoms with Gasteiger partial charge in [-0.3, -0.25) is 4.98 Å². The molecule has 1 aromatic carbocycles. The maximum absolute atomic E-state index is 5.97. The molecular formula is C18H25IN4O. The average molecular weight is 440 g/mol. The van der Waals surface area contributed by atoms with E-state index in [-0.39, 0.29) is 24.0 Å². The molecule has 0 fully saturated rings. The number of hydrogen-bond donors (Lipinski definition) is 2. The third-order valence-corrected chi connectivity index (χ3v) is 3.93. The minimum Gasteiger partial charge on any atom is -0.496 e. The number of benzene rings is 1. The highest BCUT2D eigenvalue weighted by Gasteiger charge is 2.09. The Morgan fingerprint density at radius 3 is 2.50 bits per heavy atom. The molecule has 0 amide bonds. The zero-order valence-electron chi connectivity index (χ0n) is 14.8. The average Bonchev–Trinajstić information content (AvgIpc) is 2.51. The largest absolute Gasteiger partial charge is 0.496 e. The lowest BCUT2D eigenvalue weighted by Crippen LogP contribution is -2.22. The lowest BCUT2D eigenvalue weighted by Gasteiger charge is -2.11. The second kappa shape index (κ2) is 8.86. The summed E-state index contributed by atoms with van der Waals surface area (Å²) >= 11 is 0. The quantitative estimate of drug-likeness (QED) is 0.430. The smallest absolute Gasteiger partial charge is 0.193 e. The molecule has 2 aromatic rings. The van der Waals surface area contributed by atoms with Gasteiger partial charge in [-0.1, -0.05) is 6.07 Å². The number of rotatable bonds is 4. The number of aryl methyl sites for hydroxylation is 3. The summed E-state index contributed by atoms with van der Waals surface area (Å²) < 4.78 is 5.41. The summed E-state index contributed by atoms with van der Waals surface area (Å²) in [7, 11) is 1.66. The number of hydrogen-bond acceptors (Lipinski definition) is 3. The molecule has 0 aliphatic carbocycles. The van der Waals surface area contributed by atoms with E-state index in [1.54, 1.807) is 13.3 Å². The van der Waals surface area contributed by atoms with Gasteiger partial charge in [0.2, 0.25) is 0 Å². The number of nitrogens with zero attached hydrogens (tertiary/aromatic N) is 2. The maximum atomic E-state index is 5.97. The van der Waals surface area contributed by atoms with Gasteiger partial charge in [-0.05, 0) is 51.0 Å². The van der Waals surface area contributed by atoms with Crippen LogP contribution >= 0.6 is 24.0 Å². The Bertz CT molecular complexity index is 744. The fourth-order valence-corrected chi connectivity index (χ4v) is 2.40. The number of ether oxygens (including phenoxy) is 1. The molecule has 0 aliphatic rings. The van der Waals surface area contributed by atoms with E-state index in [4.69, 9.17) is 10.5 Å². The van der Waals surface area contributed by atoms with Crippen molar-refractivity contribution in [1.82, 2.24) is 4.98 Å². The number of halogens is 1. The summed E-state index contributed by atoms with van der Waals surface area (Å²) in [6, 6.07) is 6.10. The van der Waals surface area contributed by atoms with Crippen molar-refractivity contribution in [2.45, 2.75) is 34.2 Å². The number of pyridine rings is 1. The summed E-state index contributed by atoms with van der Waals surface area (Å²) in [4.78, 5) is 8.79. The van der Waals surface area contributed by atoms with Gasteiger partial charge in [-0.15, -0.1) is 24.0 Å². The summed E-state index contributed by atoms with van der Waals surface area (Å²) in [5.74, 6) is 1.22. The molecule has 6 heteroatoms. The number of nitrogens with two attached hydrogens (primary N) is 1. The molecule has 0 spiro atoms. The number of aromatic nitrogens is 1. The first-order chi connectivity index (χ1) is 10.9. The summed E-state index contributed by atoms with van der Waals surface area (Å²) in [6.07, 6.45) is 1.80. The molecule has 1 aromatic heterocycles. The Hall–Kier alpha value is -1.83. The predicted molar refractivity (Wildman–Crippen MR) is 111 cm³/mol. The molecule has 0 saturated heterocycles. The molecule has 0 saturated carbocycles. The van der Waals surface area contributed by atoms with Gasteiger partial charge in [0.15, 0.2) is 5.96 Å². The SMILES string of the molecule is COc1c(C)cnc(CN=C(N)Nc2ccc(C)c(C)c2)c1C.I. The van der Waals surface area contributed by atoms with Gasteiger partial charge in [-0.2, -0.15) is 0 Å². The Morgan fingerprint density at radius 1 is 1.17 bits per heavy atom. The van der Waals surface area contributed by atoms with Crippen LogP contribution in [0.15, 0.2) is 29.4 Å². The molecular weight excluding hydrogens is 415 g/mol. The van der Waals surface area contributed by atoms with Crippen LogP contribution in [0.1, 0.15) is 27.9 Å². The third-order valence-electron chi connectivity index (χ3n) is 3.93. The summed E-state index contributed by atoms with van der Waals surface area (Å²) in [5, 5.41) is 3.11. The molecule has 0 radical (unpaired) electrons. The van der Waals surface area contributed by atoms with E-state index in [1.165, 1.54) is 11.1 Å². The summed E-state index contributed by atoms with van der Waals surface area (Å²) in [6.45, 7) is 8.51. The Labute approximate surface area is 160 Å². The summed E-state index contributed by atoms with van der Waals surface area (Å²) in [5.41, 5.74) is 12.2. The minimum atomic E-state index is 0. The van der Waals surface area contributed by atoms with Crippen LogP contribution in [0.3, 0.4) is 0 Å². The molecule has 5 nitrogen and oxygen atoms in total. The zero-order valence-corrected chi connectivity index (χ0v) is 17.1. The molecule has 2 rings (SSSR count). The number of anilines is 1. The van der Waals surface area contributed by atoms with Gasteiger partial charge in [0.05, 0.1) is 19.3 Å². The second-order valence-corrected chi connectivity index (χ2v) is 5.67. The van der Waals surface area contributed by atoms with Crippen molar-refractivity contribution >= 4 is 35.6 Å². The van der Waals surface area contributed by atoms with Gasteiger partial charge in [0, 0.05) is 23.0 Å². The van der Waals surface area contributed by atoms with Gasteiger partial charge in [0.1, 0.15) is 5.75 Å². The van der Waals surface area contributed by atoms with Crippen molar-refractivity contribution in [3.8, 4) is 5.75 Å². The molecule has 0 aliphatic heterocycles. The van der Waals surface area contributed by atoms with Crippen LogP contribution in [0.25, 0.3) is 0 Å². The highest BCUT2D eigenvalue weighted by molar-refractivity contribution is 14.0. The van der Waals surface area contributed by atoms with Crippen LogP contribution in [0, 0.1) is 27.7 Å². The molecule has 0 bridgehead atoms. The lowest BCUT2D eigenvalue weighted by atomic mass is 10.1. The first-order valence-electron chi connectivity index (χ1n) is 7.55. The molecule has 0 atom stereocenters. The standard InChI is InChI=1S/C18H24N4O.HI/c1-11-6-7-15(8-12(11)2)22-18(19)21-10-16-14(4)17(23-5)13(3)9-20-16;/h6-9H,10H2,1-5H3,(H3,19,21,22);1H.